The molecule has 0 saturated carbocycles. The van der Waals surface area contributed by atoms with Gasteiger partial charge in [-0.15, -0.1) is 0 Å². The Bertz CT molecular complexity index is 515. The number of aryl methyl sites for hydroxylation is 1. The summed E-state index contributed by atoms with van der Waals surface area (Å²) in [4.78, 5) is 11.0. The van der Waals surface area contributed by atoms with Gasteiger partial charge in [-0.25, -0.2) is 0 Å². The summed E-state index contributed by atoms with van der Waals surface area (Å²) in [5, 5.41) is 8.85. The zero-order valence-corrected chi connectivity index (χ0v) is 9.91. The van der Waals surface area contributed by atoms with Gasteiger partial charge in [0.2, 0.25) is 0 Å². The van der Waals surface area contributed by atoms with Crippen molar-refractivity contribution in [2.75, 3.05) is 6.61 Å². The number of ether oxygens (including phenoxy) is 1. The lowest BCUT2D eigenvalue weighted by atomic mass is 10.1. The van der Waals surface area contributed by atoms with Crippen LogP contribution in [-0.2, 0) is 9.53 Å². The molecule has 0 aliphatic heterocycles. The predicted molar refractivity (Wildman–Crippen MR) is 64.0 cm³/mol. The summed E-state index contributed by atoms with van der Waals surface area (Å²) in [7, 11) is 0. The fourth-order valence-electron chi connectivity index (χ4n) is 1.25. The minimum Gasteiger partial charge on any atom is -0.465 e. The van der Waals surface area contributed by atoms with Crippen LogP contribution in [0.2, 0.25) is 0 Å². The Balaban J connectivity index is 2.73. The van der Waals surface area contributed by atoms with Crippen LogP contribution in [0.5, 0.6) is 0 Å². The minimum atomic E-state index is -0.326. The van der Waals surface area contributed by atoms with Crippen LogP contribution in [0, 0.1) is 30.1 Å². The maximum atomic E-state index is 11.0. The summed E-state index contributed by atoms with van der Waals surface area (Å²) in [5.74, 6) is 5.23. The zero-order valence-electron chi connectivity index (χ0n) is 9.91. The summed E-state index contributed by atoms with van der Waals surface area (Å²) in [6.45, 7) is 3.99. The number of rotatable bonds is 2. The molecule has 0 N–H and O–H groups in total. The first kappa shape index (κ1) is 12.8. The lowest BCUT2D eigenvalue weighted by Crippen LogP contribution is -2.01. The van der Waals surface area contributed by atoms with Crippen LogP contribution in [0.25, 0.3) is 0 Å². The van der Waals surface area contributed by atoms with Gasteiger partial charge in [-0.3, -0.25) is 4.79 Å². The molecule has 0 radical (unpaired) electrons. The molecule has 1 rings (SSSR count). The first-order valence-corrected chi connectivity index (χ1v) is 5.32. The zero-order chi connectivity index (χ0) is 12.7. The molecular weight excluding hydrogens is 214 g/mol. The second-order valence-electron chi connectivity index (χ2n) is 3.43. The van der Waals surface area contributed by atoms with Crippen LogP contribution in [-0.4, -0.2) is 12.6 Å². The van der Waals surface area contributed by atoms with Crippen LogP contribution in [0.15, 0.2) is 18.2 Å². The molecule has 0 fully saturated rings. The van der Waals surface area contributed by atoms with E-state index in [4.69, 9.17) is 10.00 Å². The number of nitrogens with zero attached hydrogens (tertiary/aromatic N) is 1. The molecule has 0 saturated heterocycles. The van der Waals surface area contributed by atoms with Crippen molar-refractivity contribution in [3.8, 4) is 17.9 Å². The number of hydrogen-bond donors (Lipinski definition) is 0. The van der Waals surface area contributed by atoms with E-state index in [1.807, 2.05) is 19.1 Å². The average molecular weight is 227 g/mol. The van der Waals surface area contributed by atoms with Crippen LogP contribution in [0.3, 0.4) is 0 Å². The van der Waals surface area contributed by atoms with Crippen LogP contribution in [0.1, 0.15) is 30.0 Å². The first-order chi connectivity index (χ1) is 8.17. The standard InChI is InChI=1S/C14H13NO2/c1-3-17-14(16)6-4-5-12-8-7-11(2)13(9-12)10-15/h7-9H,3,6H2,1-2H3. The third kappa shape index (κ3) is 4.01. The Morgan fingerprint density at radius 1 is 1.47 bits per heavy atom. The molecule has 0 amide bonds. The molecule has 0 aromatic heterocycles. The summed E-state index contributed by atoms with van der Waals surface area (Å²) in [6.07, 6.45) is 0.0730. The number of benzene rings is 1. The van der Waals surface area contributed by atoms with Crippen molar-refractivity contribution in [1.29, 1.82) is 5.26 Å². The van der Waals surface area contributed by atoms with Gasteiger partial charge in [0, 0.05) is 5.56 Å². The van der Waals surface area contributed by atoms with Crippen molar-refractivity contribution in [2.24, 2.45) is 0 Å². The highest BCUT2D eigenvalue weighted by Gasteiger charge is 1.98. The van der Waals surface area contributed by atoms with Gasteiger partial charge in [0.1, 0.15) is 6.42 Å². The molecule has 0 heterocycles. The van der Waals surface area contributed by atoms with Gasteiger partial charge >= 0.3 is 5.97 Å². The fraction of sp³-hybridized carbons (Fsp3) is 0.286. The van der Waals surface area contributed by atoms with Gasteiger partial charge in [-0.05, 0) is 31.5 Å². The molecule has 0 aliphatic rings. The normalized spacial score (nSPS) is 8.76. The molecule has 17 heavy (non-hydrogen) atoms. The second-order valence-corrected chi connectivity index (χ2v) is 3.43. The van der Waals surface area contributed by atoms with E-state index in [0.717, 1.165) is 11.1 Å². The molecule has 3 nitrogen and oxygen atoms in total. The van der Waals surface area contributed by atoms with Gasteiger partial charge in [0.25, 0.3) is 0 Å². The van der Waals surface area contributed by atoms with Crippen LogP contribution in [0.4, 0.5) is 0 Å². The Labute approximate surface area is 101 Å². The Morgan fingerprint density at radius 2 is 2.24 bits per heavy atom. The highest BCUT2D eigenvalue weighted by Crippen LogP contribution is 2.08. The monoisotopic (exact) mass is 227 g/mol. The molecule has 0 aliphatic carbocycles. The maximum Gasteiger partial charge on any atom is 0.317 e. The largest absolute Gasteiger partial charge is 0.465 e. The fourth-order valence-corrected chi connectivity index (χ4v) is 1.25. The number of carbonyl (C=O) groups excluding carboxylic acids is 1. The Hall–Kier alpha value is -2.26. The molecule has 3 heteroatoms. The Morgan fingerprint density at radius 3 is 2.88 bits per heavy atom. The molecule has 0 bridgehead atoms. The molecule has 1 aromatic rings. The van der Waals surface area contributed by atoms with E-state index in [9.17, 15) is 4.79 Å². The lowest BCUT2D eigenvalue weighted by molar-refractivity contribution is -0.141. The lowest BCUT2D eigenvalue weighted by Gasteiger charge is -1.97. The summed E-state index contributed by atoms with van der Waals surface area (Å²) in [5.41, 5.74) is 2.26. The second kappa shape index (κ2) is 6.35. The number of esters is 1. The number of carbonyl (C=O) groups is 1. The molecule has 86 valence electrons. The van der Waals surface area contributed by atoms with E-state index in [0.29, 0.717) is 12.2 Å². The van der Waals surface area contributed by atoms with Crippen LogP contribution >= 0.6 is 0 Å². The molecular formula is C14H13NO2. The highest BCUT2D eigenvalue weighted by molar-refractivity contribution is 5.72. The predicted octanol–water partition coefficient (Wildman–Crippen LogP) is 2.17. The van der Waals surface area contributed by atoms with E-state index in [-0.39, 0.29) is 12.4 Å². The van der Waals surface area contributed by atoms with E-state index in [2.05, 4.69) is 17.9 Å². The number of nitriles is 1. The molecule has 0 spiro atoms. The van der Waals surface area contributed by atoms with E-state index >= 15 is 0 Å². The highest BCUT2D eigenvalue weighted by atomic mass is 16.5. The van der Waals surface area contributed by atoms with Gasteiger partial charge in [-0.1, -0.05) is 17.9 Å². The molecule has 0 atom stereocenters. The quantitative estimate of drug-likeness (QED) is 0.574. The third-order valence-corrected chi connectivity index (χ3v) is 2.13. The van der Waals surface area contributed by atoms with Crippen LogP contribution < -0.4 is 0 Å². The van der Waals surface area contributed by atoms with Crippen molar-refractivity contribution < 1.29 is 9.53 Å². The smallest absolute Gasteiger partial charge is 0.317 e. The van der Waals surface area contributed by atoms with Gasteiger partial charge in [-0.2, -0.15) is 5.26 Å². The van der Waals surface area contributed by atoms with E-state index in [1.165, 1.54) is 0 Å². The van der Waals surface area contributed by atoms with Crippen molar-refractivity contribution in [3.05, 3.63) is 34.9 Å². The van der Waals surface area contributed by atoms with Crippen molar-refractivity contribution >= 4 is 5.97 Å². The Kier molecular flexibility index (Phi) is 4.78. The van der Waals surface area contributed by atoms with Gasteiger partial charge in [0.05, 0.1) is 18.2 Å². The van der Waals surface area contributed by atoms with Gasteiger partial charge < -0.3 is 4.74 Å². The molecule has 1 aromatic carbocycles. The number of hydrogen-bond acceptors (Lipinski definition) is 3. The summed E-state index contributed by atoms with van der Waals surface area (Å²) in [6, 6.07) is 7.48. The van der Waals surface area contributed by atoms with Crippen molar-refractivity contribution in [2.45, 2.75) is 20.3 Å². The van der Waals surface area contributed by atoms with Crippen molar-refractivity contribution in [1.82, 2.24) is 0 Å². The van der Waals surface area contributed by atoms with E-state index < -0.39 is 0 Å². The van der Waals surface area contributed by atoms with Gasteiger partial charge in [0.15, 0.2) is 0 Å². The average Bonchev–Trinajstić information content (AvgIpc) is 2.31. The SMILES string of the molecule is CCOC(=O)CC#Cc1ccc(C)c(C#N)c1. The van der Waals surface area contributed by atoms with Crippen molar-refractivity contribution in [3.63, 3.8) is 0 Å². The topological polar surface area (TPSA) is 50.1 Å². The first-order valence-electron chi connectivity index (χ1n) is 5.32. The minimum absolute atomic E-state index is 0.0730. The summed E-state index contributed by atoms with van der Waals surface area (Å²) < 4.78 is 4.75. The third-order valence-electron chi connectivity index (χ3n) is 2.13. The van der Waals surface area contributed by atoms with E-state index in [1.54, 1.807) is 13.0 Å². The maximum absolute atomic E-state index is 11.0. The molecule has 0 unspecified atom stereocenters. The summed E-state index contributed by atoms with van der Waals surface area (Å²) >= 11 is 0.